The second-order valence-corrected chi connectivity index (χ2v) is 6.35. The van der Waals surface area contributed by atoms with Gasteiger partial charge in [-0.1, -0.05) is 38.0 Å². The van der Waals surface area contributed by atoms with E-state index in [0.29, 0.717) is 12.2 Å². The highest BCUT2D eigenvalue weighted by atomic mass is 32.2. The van der Waals surface area contributed by atoms with Crippen molar-refractivity contribution in [3.63, 3.8) is 0 Å². The largest absolute Gasteiger partial charge is 0.480 e. The van der Waals surface area contributed by atoms with E-state index in [2.05, 4.69) is 5.32 Å². The Bertz CT molecular complexity index is 473. The van der Waals surface area contributed by atoms with Crippen molar-refractivity contribution >= 4 is 23.6 Å². The zero-order chi connectivity index (χ0) is 15.8. The molecule has 0 saturated carbocycles. The maximum Gasteiger partial charge on any atom is 0.326 e. The van der Waals surface area contributed by atoms with E-state index in [1.807, 2.05) is 45.0 Å². The smallest absolute Gasteiger partial charge is 0.326 e. The number of hydrogen-bond acceptors (Lipinski definition) is 3. The van der Waals surface area contributed by atoms with E-state index in [1.54, 1.807) is 11.8 Å². The molecule has 4 nitrogen and oxygen atoms in total. The molecule has 5 heteroatoms. The van der Waals surface area contributed by atoms with Gasteiger partial charge in [-0.2, -0.15) is 0 Å². The van der Waals surface area contributed by atoms with E-state index in [4.69, 9.17) is 5.11 Å². The first-order valence-corrected chi connectivity index (χ1v) is 8.14. The van der Waals surface area contributed by atoms with E-state index >= 15 is 0 Å². The van der Waals surface area contributed by atoms with Crippen molar-refractivity contribution in [1.82, 2.24) is 5.32 Å². The molecule has 0 radical (unpaired) electrons. The Hall–Kier alpha value is -1.49. The molecule has 0 saturated heterocycles. The molecular weight excluding hydrogens is 286 g/mol. The average molecular weight is 309 g/mol. The highest BCUT2D eigenvalue weighted by Crippen LogP contribution is 2.19. The molecule has 1 rings (SSSR count). The number of thioether (sulfide) groups is 1. The Kier molecular flexibility index (Phi) is 7.29. The minimum absolute atomic E-state index is 0.0730. The summed E-state index contributed by atoms with van der Waals surface area (Å²) >= 11 is 1.60. The number of carbonyl (C=O) groups is 2. The number of amides is 1. The summed E-state index contributed by atoms with van der Waals surface area (Å²) in [7, 11) is 0. The zero-order valence-electron chi connectivity index (χ0n) is 12.8. The van der Waals surface area contributed by atoms with Crippen LogP contribution in [-0.2, 0) is 9.59 Å². The highest BCUT2D eigenvalue weighted by molar-refractivity contribution is 7.99. The van der Waals surface area contributed by atoms with Crippen molar-refractivity contribution in [3.05, 3.63) is 29.8 Å². The number of carbonyl (C=O) groups excluding carboxylic acids is 1. The van der Waals surface area contributed by atoms with Gasteiger partial charge >= 0.3 is 5.97 Å². The van der Waals surface area contributed by atoms with Crippen LogP contribution in [0.15, 0.2) is 29.2 Å². The van der Waals surface area contributed by atoms with Crippen molar-refractivity contribution in [2.75, 3.05) is 5.75 Å². The first-order chi connectivity index (χ1) is 9.93. The van der Waals surface area contributed by atoms with E-state index in [0.717, 1.165) is 11.3 Å². The van der Waals surface area contributed by atoms with Gasteiger partial charge in [-0.15, -0.1) is 11.8 Å². The molecule has 0 heterocycles. The van der Waals surface area contributed by atoms with Crippen LogP contribution < -0.4 is 5.32 Å². The molecule has 0 aliphatic carbocycles. The molecule has 0 bridgehead atoms. The number of carboxylic acid groups (broad SMARTS) is 1. The second kappa shape index (κ2) is 8.72. The number of hydrogen-bond donors (Lipinski definition) is 2. The Morgan fingerprint density at radius 2 is 1.90 bits per heavy atom. The maximum absolute atomic E-state index is 11.8. The monoisotopic (exact) mass is 309 g/mol. The summed E-state index contributed by atoms with van der Waals surface area (Å²) < 4.78 is 0. The van der Waals surface area contributed by atoms with Crippen molar-refractivity contribution < 1.29 is 14.7 Å². The third kappa shape index (κ3) is 6.21. The minimum Gasteiger partial charge on any atom is -0.480 e. The van der Waals surface area contributed by atoms with Gasteiger partial charge in [-0.25, -0.2) is 4.79 Å². The Morgan fingerprint density at radius 1 is 1.29 bits per heavy atom. The number of carboxylic acids is 1. The van der Waals surface area contributed by atoms with E-state index in [9.17, 15) is 9.59 Å². The van der Waals surface area contributed by atoms with Gasteiger partial charge in [0.1, 0.15) is 6.04 Å². The molecule has 116 valence electrons. The maximum atomic E-state index is 11.8. The molecule has 1 amide bonds. The first kappa shape index (κ1) is 17.6. The van der Waals surface area contributed by atoms with E-state index in [-0.39, 0.29) is 11.8 Å². The molecule has 1 aromatic carbocycles. The summed E-state index contributed by atoms with van der Waals surface area (Å²) in [5.74, 6) is -0.607. The van der Waals surface area contributed by atoms with Crippen molar-refractivity contribution in [3.8, 4) is 0 Å². The molecule has 2 atom stereocenters. The molecule has 0 aliphatic rings. The van der Waals surface area contributed by atoms with Crippen LogP contribution in [0, 0.1) is 12.8 Å². The quantitative estimate of drug-likeness (QED) is 0.724. The predicted molar refractivity (Wildman–Crippen MR) is 85.5 cm³/mol. The van der Waals surface area contributed by atoms with E-state index < -0.39 is 12.0 Å². The summed E-state index contributed by atoms with van der Waals surface area (Å²) in [6.45, 7) is 5.78. The standard InChI is InChI=1S/C16H23NO3S/c1-4-12(3)15(16(19)20)17-14(18)9-10-21-13-7-5-11(2)6-8-13/h5-8,12,15H,4,9-10H2,1-3H3,(H,17,18)(H,19,20)/t12?,15-/m0/s1. The van der Waals surface area contributed by atoms with Crippen molar-refractivity contribution in [2.45, 2.75) is 44.6 Å². The summed E-state index contributed by atoms with van der Waals surface area (Å²) in [5.41, 5.74) is 1.20. The molecule has 21 heavy (non-hydrogen) atoms. The van der Waals surface area contributed by atoms with Crippen LogP contribution in [0.3, 0.4) is 0 Å². The normalized spacial score (nSPS) is 13.5. The number of benzene rings is 1. The fourth-order valence-corrected chi connectivity index (χ4v) is 2.68. The third-order valence-electron chi connectivity index (χ3n) is 3.41. The predicted octanol–water partition coefficient (Wildman–Crippen LogP) is 3.09. The Balaban J connectivity index is 2.39. The number of rotatable bonds is 8. The fraction of sp³-hybridized carbons (Fsp3) is 0.500. The molecule has 1 unspecified atom stereocenters. The number of aliphatic carboxylic acids is 1. The SMILES string of the molecule is CCC(C)[C@H](NC(=O)CCSc1ccc(C)cc1)C(=O)O. The number of aryl methyl sites for hydroxylation is 1. The lowest BCUT2D eigenvalue weighted by molar-refractivity contribution is -0.143. The van der Waals surface area contributed by atoms with Crippen LogP contribution in [-0.4, -0.2) is 28.8 Å². The van der Waals surface area contributed by atoms with Gasteiger partial charge in [0.05, 0.1) is 0 Å². The molecular formula is C16H23NO3S. The topological polar surface area (TPSA) is 66.4 Å². The lowest BCUT2D eigenvalue weighted by atomic mass is 9.99. The van der Waals surface area contributed by atoms with Gasteiger partial charge in [0.25, 0.3) is 0 Å². The van der Waals surface area contributed by atoms with Gasteiger partial charge in [0, 0.05) is 17.1 Å². The Morgan fingerprint density at radius 3 is 2.43 bits per heavy atom. The van der Waals surface area contributed by atoms with Gasteiger partial charge in [0.2, 0.25) is 5.91 Å². The Labute approximate surface area is 130 Å². The van der Waals surface area contributed by atoms with Gasteiger partial charge < -0.3 is 10.4 Å². The third-order valence-corrected chi connectivity index (χ3v) is 4.43. The van der Waals surface area contributed by atoms with E-state index in [1.165, 1.54) is 5.56 Å². The lowest BCUT2D eigenvalue weighted by Gasteiger charge is -2.20. The van der Waals surface area contributed by atoms with Crippen LogP contribution in [0.5, 0.6) is 0 Å². The average Bonchev–Trinajstić information content (AvgIpc) is 2.45. The van der Waals surface area contributed by atoms with Crippen LogP contribution in [0.25, 0.3) is 0 Å². The van der Waals surface area contributed by atoms with Crippen LogP contribution in [0.2, 0.25) is 0 Å². The van der Waals surface area contributed by atoms with Crippen molar-refractivity contribution in [2.24, 2.45) is 5.92 Å². The summed E-state index contributed by atoms with van der Waals surface area (Å²) in [6.07, 6.45) is 1.04. The first-order valence-electron chi connectivity index (χ1n) is 7.15. The highest BCUT2D eigenvalue weighted by Gasteiger charge is 2.24. The van der Waals surface area contributed by atoms with Gasteiger partial charge in [-0.05, 0) is 25.0 Å². The summed E-state index contributed by atoms with van der Waals surface area (Å²) in [5, 5.41) is 11.7. The zero-order valence-corrected chi connectivity index (χ0v) is 13.6. The molecule has 1 aromatic rings. The van der Waals surface area contributed by atoms with Gasteiger partial charge in [0.15, 0.2) is 0 Å². The lowest BCUT2D eigenvalue weighted by Crippen LogP contribution is -2.45. The molecule has 0 aromatic heterocycles. The molecule has 0 aliphatic heterocycles. The van der Waals surface area contributed by atoms with Crippen LogP contribution in [0.1, 0.15) is 32.3 Å². The molecule has 0 spiro atoms. The second-order valence-electron chi connectivity index (χ2n) is 5.18. The fourth-order valence-electron chi connectivity index (χ4n) is 1.82. The van der Waals surface area contributed by atoms with Crippen LogP contribution in [0.4, 0.5) is 0 Å². The summed E-state index contributed by atoms with van der Waals surface area (Å²) in [4.78, 5) is 24.1. The van der Waals surface area contributed by atoms with Gasteiger partial charge in [-0.3, -0.25) is 4.79 Å². The molecule has 0 fully saturated rings. The molecule has 2 N–H and O–H groups in total. The number of nitrogens with one attached hydrogen (secondary N) is 1. The summed E-state index contributed by atoms with van der Waals surface area (Å²) in [6, 6.07) is 7.32. The minimum atomic E-state index is -0.969. The van der Waals surface area contributed by atoms with Crippen LogP contribution >= 0.6 is 11.8 Å². The van der Waals surface area contributed by atoms with Crippen molar-refractivity contribution in [1.29, 1.82) is 0 Å².